The highest BCUT2D eigenvalue weighted by atomic mass is 14.1. The number of hydrogen-bond acceptors (Lipinski definition) is 0. The van der Waals surface area contributed by atoms with E-state index >= 15 is 0 Å². The first-order chi connectivity index (χ1) is 8.76. The predicted octanol–water partition coefficient (Wildman–Crippen LogP) is 7.86. The summed E-state index contributed by atoms with van der Waals surface area (Å²) in [7, 11) is 0. The van der Waals surface area contributed by atoms with Gasteiger partial charge in [0.05, 0.1) is 0 Å². The molecule has 0 saturated carbocycles. The van der Waals surface area contributed by atoms with Gasteiger partial charge in [0.15, 0.2) is 0 Å². The normalized spacial score (nSPS) is 8.33. The minimum atomic E-state index is 1.03. The largest absolute Gasteiger partial charge is 0.0683 e. The standard InChI is InChI=1S/C11H24.C3H8.2C2H6/c1-4-7-10-11(8-5-2)9-6-3;1-3-2;2*1-2/h11H,4-10H2,1-3H3;3H2,1-2H3;2*1-2H3. The molecular formula is C18H44. The lowest BCUT2D eigenvalue weighted by atomic mass is 9.93. The van der Waals surface area contributed by atoms with Crippen molar-refractivity contribution in [1.29, 1.82) is 0 Å². The summed E-state index contributed by atoms with van der Waals surface area (Å²) in [6, 6.07) is 0. The molecular weight excluding hydrogens is 216 g/mol. The molecule has 0 spiro atoms. The van der Waals surface area contributed by atoms with E-state index in [1.54, 1.807) is 0 Å². The average molecular weight is 261 g/mol. The summed E-state index contributed by atoms with van der Waals surface area (Å²) in [5.41, 5.74) is 0. The van der Waals surface area contributed by atoms with Gasteiger partial charge < -0.3 is 0 Å². The van der Waals surface area contributed by atoms with Crippen LogP contribution in [0.3, 0.4) is 0 Å². The van der Waals surface area contributed by atoms with Crippen LogP contribution < -0.4 is 0 Å². The second kappa shape index (κ2) is 36.0. The third kappa shape index (κ3) is 36.0. The molecule has 0 N–H and O–H groups in total. The van der Waals surface area contributed by atoms with Crippen LogP contribution in [0.15, 0.2) is 0 Å². The highest BCUT2D eigenvalue weighted by Gasteiger charge is 2.04. The molecule has 0 aromatic rings. The van der Waals surface area contributed by atoms with E-state index in [0.717, 1.165) is 5.92 Å². The van der Waals surface area contributed by atoms with E-state index in [4.69, 9.17) is 0 Å². The number of unbranched alkanes of at least 4 members (excludes halogenated alkanes) is 1. The van der Waals surface area contributed by atoms with Crippen molar-refractivity contribution in [3.8, 4) is 0 Å². The maximum atomic E-state index is 2.30. The van der Waals surface area contributed by atoms with Gasteiger partial charge in [-0.2, -0.15) is 0 Å². The molecule has 0 atom stereocenters. The molecule has 18 heavy (non-hydrogen) atoms. The summed E-state index contributed by atoms with van der Waals surface area (Å²) in [4.78, 5) is 0. The van der Waals surface area contributed by atoms with Crippen molar-refractivity contribution in [2.24, 2.45) is 5.92 Å². The molecule has 0 heteroatoms. The molecule has 0 aromatic carbocycles. The molecule has 0 aliphatic rings. The van der Waals surface area contributed by atoms with Crippen LogP contribution in [0.4, 0.5) is 0 Å². The quantitative estimate of drug-likeness (QED) is 0.437. The summed E-state index contributed by atoms with van der Waals surface area (Å²) in [5.74, 6) is 1.03. The zero-order chi connectivity index (χ0) is 15.2. The maximum absolute atomic E-state index is 2.30. The molecule has 116 valence electrons. The Hall–Kier alpha value is 0. The van der Waals surface area contributed by atoms with E-state index in [1.165, 1.54) is 51.4 Å². The molecule has 0 radical (unpaired) electrons. The molecule has 0 fully saturated rings. The average Bonchev–Trinajstić information content (AvgIpc) is 2.42. The van der Waals surface area contributed by atoms with Gasteiger partial charge in [-0.15, -0.1) is 0 Å². The van der Waals surface area contributed by atoms with E-state index < -0.39 is 0 Å². The van der Waals surface area contributed by atoms with Crippen LogP contribution in [0.5, 0.6) is 0 Å². The van der Waals surface area contributed by atoms with Crippen LogP contribution in [0, 0.1) is 5.92 Å². The van der Waals surface area contributed by atoms with Crippen molar-refractivity contribution in [3.63, 3.8) is 0 Å². The second-order valence-electron chi connectivity index (χ2n) is 4.29. The van der Waals surface area contributed by atoms with Crippen molar-refractivity contribution in [2.75, 3.05) is 0 Å². The molecule has 0 bridgehead atoms. The fraction of sp³-hybridized carbons (Fsp3) is 1.00. The molecule has 0 aromatic heterocycles. The highest BCUT2D eigenvalue weighted by molar-refractivity contribution is 4.57. The Balaban J connectivity index is -0.000000118. The maximum Gasteiger partial charge on any atom is -0.0414 e. The first-order valence-electron chi connectivity index (χ1n) is 8.76. The monoisotopic (exact) mass is 260 g/mol. The zero-order valence-electron chi connectivity index (χ0n) is 15.2. The Kier molecular flexibility index (Phi) is 53.0. The third-order valence-corrected chi connectivity index (χ3v) is 2.36. The van der Waals surface area contributed by atoms with Gasteiger partial charge in [0.2, 0.25) is 0 Å². The van der Waals surface area contributed by atoms with Gasteiger partial charge in [0.1, 0.15) is 0 Å². The first kappa shape index (κ1) is 26.5. The van der Waals surface area contributed by atoms with Gasteiger partial charge in [-0.1, -0.05) is 114 Å². The summed E-state index contributed by atoms with van der Waals surface area (Å²) in [5, 5.41) is 0. The third-order valence-electron chi connectivity index (χ3n) is 2.36. The van der Waals surface area contributed by atoms with Crippen molar-refractivity contribution < 1.29 is 0 Å². The van der Waals surface area contributed by atoms with Gasteiger partial charge in [0.25, 0.3) is 0 Å². The summed E-state index contributed by atoms with van der Waals surface area (Å²) in [6.45, 7) is 19.1. The smallest absolute Gasteiger partial charge is 0.0414 e. The zero-order valence-corrected chi connectivity index (χ0v) is 15.2. The van der Waals surface area contributed by atoms with Crippen LogP contribution in [0.2, 0.25) is 0 Å². The van der Waals surface area contributed by atoms with E-state index in [-0.39, 0.29) is 0 Å². The van der Waals surface area contributed by atoms with Crippen LogP contribution in [0.25, 0.3) is 0 Å². The van der Waals surface area contributed by atoms with Gasteiger partial charge in [-0.05, 0) is 5.92 Å². The molecule has 0 rings (SSSR count). The first-order valence-corrected chi connectivity index (χ1v) is 8.76. The highest BCUT2D eigenvalue weighted by Crippen LogP contribution is 2.19. The lowest BCUT2D eigenvalue weighted by Crippen LogP contribution is -1.99. The lowest BCUT2D eigenvalue weighted by molar-refractivity contribution is 0.398. The van der Waals surface area contributed by atoms with Gasteiger partial charge in [0, 0.05) is 0 Å². The minimum absolute atomic E-state index is 1.03. The summed E-state index contributed by atoms with van der Waals surface area (Å²) < 4.78 is 0. The summed E-state index contributed by atoms with van der Waals surface area (Å²) >= 11 is 0. The van der Waals surface area contributed by atoms with Crippen LogP contribution in [-0.2, 0) is 0 Å². The fourth-order valence-electron chi connectivity index (χ4n) is 1.74. The Morgan fingerprint density at radius 3 is 1.11 bits per heavy atom. The predicted molar refractivity (Wildman–Crippen MR) is 91.5 cm³/mol. The van der Waals surface area contributed by atoms with Crippen LogP contribution in [0.1, 0.15) is 114 Å². The molecule has 0 aliphatic carbocycles. The molecule has 0 nitrogen and oxygen atoms in total. The number of hydrogen-bond donors (Lipinski definition) is 0. The van der Waals surface area contributed by atoms with Gasteiger partial charge >= 0.3 is 0 Å². The Morgan fingerprint density at radius 1 is 0.556 bits per heavy atom. The van der Waals surface area contributed by atoms with E-state index in [2.05, 4.69) is 34.6 Å². The van der Waals surface area contributed by atoms with Gasteiger partial charge in [-0.3, -0.25) is 0 Å². The molecule has 0 saturated heterocycles. The second-order valence-corrected chi connectivity index (χ2v) is 4.29. The molecule has 0 aliphatic heterocycles. The summed E-state index contributed by atoms with van der Waals surface area (Å²) in [6.07, 6.45) is 11.2. The topological polar surface area (TPSA) is 0 Å². The molecule has 0 heterocycles. The Labute approximate surface area is 120 Å². The van der Waals surface area contributed by atoms with Crippen LogP contribution in [-0.4, -0.2) is 0 Å². The van der Waals surface area contributed by atoms with Crippen LogP contribution >= 0.6 is 0 Å². The minimum Gasteiger partial charge on any atom is -0.0683 e. The fourth-order valence-corrected chi connectivity index (χ4v) is 1.74. The Bertz CT molecular complexity index is 70.1. The van der Waals surface area contributed by atoms with Crippen molar-refractivity contribution in [1.82, 2.24) is 0 Å². The van der Waals surface area contributed by atoms with E-state index in [9.17, 15) is 0 Å². The van der Waals surface area contributed by atoms with E-state index in [0.29, 0.717) is 0 Å². The lowest BCUT2D eigenvalue weighted by Gasteiger charge is -2.13. The van der Waals surface area contributed by atoms with Crippen molar-refractivity contribution >= 4 is 0 Å². The van der Waals surface area contributed by atoms with E-state index in [1.807, 2.05) is 27.7 Å². The SMILES string of the molecule is CC.CC.CCC.CCCCC(CCC)CCC. The van der Waals surface area contributed by atoms with Gasteiger partial charge in [-0.25, -0.2) is 0 Å². The molecule has 0 amide bonds. The Morgan fingerprint density at radius 2 is 0.889 bits per heavy atom. The van der Waals surface area contributed by atoms with Crippen molar-refractivity contribution in [3.05, 3.63) is 0 Å². The number of rotatable bonds is 7. The molecule has 0 unspecified atom stereocenters. The van der Waals surface area contributed by atoms with Crippen molar-refractivity contribution in [2.45, 2.75) is 114 Å².